The molecule has 0 aromatic heterocycles. The van der Waals surface area contributed by atoms with Crippen molar-refractivity contribution in [2.24, 2.45) is 0 Å². The summed E-state index contributed by atoms with van der Waals surface area (Å²) in [6.45, 7) is 8.52. The number of carbonyl (C=O) groups is 1. The summed E-state index contributed by atoms with van der Waals surface area (Å²) in [6.07, 6.45) is 0.383. The van der Waals surface area contributed by atoms with Crippen LogP contribution in [0.5, 0.6) is 0 Å². The van der Waals surface area contributed by atoms with Crippen LogP contribution in [-0.4, -0.2) is 15.0 Å². The zero-order chi connectivity index (χ0) is 12.8. The fraction of sp³-hybridized carbons (Fsp3) is 0.500. The molecule has 0 spiro atoms. The van der Waals surface area contributed by atoms with E-state index in [9.17, 15) is 4.79 Å². The van der Waals surface area contributed by atoms with Gasteiger partial charge in [0.2, 0.25) is 0 Å². The monoisotopic (exact) mass is 249 g/mol. The van der Waals surface area contributed by atoms with E-state index in [4.69, 9.17) is 4.43 Å². The molecule has 0 fully saturated rings. The highest BCUT2D eigenvalue weighted by molar-refractivity contribution is 6.56. The third kappa shape index (κ3) is 4.73. The summed E-state index contributed by atoms with van der Waals surface area (Å²) in [5, 5.41) is 0. The maximum absolute atomic E-state index is 11.8. The Hall–Kier alpha value is -1.09. The van der Waals surface area contributed by atoms with E-state index < -0.39 is 9.04 Å². The summed E-state index contributed by atoms with van der Waals surface area (Å²) in [6, 6.07) is 9.75. The molecule has 0 atom stereocenters. The van der Waals surface area contributed by atoms with E-state index in [0.29, 0.717) is 17.5 Å². The van der Waals surface area contributed by atoms with Gasteiger partial charge in [0, 0.05) is 0 Å². The molecule has 0 saturated carbocycles. The lowest BCUT2D eigenvalue weighted by Gasteiger charge is -2.21. The summed E-state index contributed by atoms with van der Waals surface area (Å²) in [5.41, 5.74) is 1.94. The average molecular weight is 249 g/mol. The van der Waals surface area contributed by atoms with Crippen LogP contribution < -0.4 is 0 Å². The predicted molar refractivity (Wildman–Crippen MR) is 72.2 cm³/mol. The minimum absolute atomic E-state index is 0.0903. The molecule has 1 aromatic carbocycles. The Bertz CT molecular complexity index is 338. The molecule has 0 N–H and O–H groups in total. The van der Waals surface area contributed by atoms with Gasteiger partial charge in [0.25, 0.3) is 15.0 Å². The number of carbonyl (C=O) groups excluding carboxylic acids is 1. The van der Waals surface area contributed by atoms with Gasteiger partial charge in [0.05, 0.1) is 6.42 Å². The van der Waals surface area contributed by atoms with Gasteiger partial charge < -0.3 is 4.43 Å². The molecule has 0 bridgehead atoms. The first kappa shape index (κ1) is 14.0. The van der Waals surface area contributed by atoms with Gasteiger partial charge >= 0.3 is 0 Å². The van der Waals surface area contributed by atoms with Gasteiger partial charge in [0.15, 0.2) is 0 Å². The van der Waals surface area contributed by atoms with Gasteiger partial charge in [-0.25, -0.2) is 0 Å². The van der Waals surface area contributed by atoms with Gasteiger partial charge in [-0.1, -0.05) is 58.0 Å². The summed E-state index contributed by atoms with van der Waals surface area (Å²) in [7, 11) is -1.05. The molecule has 0 aliphatic carbocycles. The van der Waals surface area contributed by atoms with E-state index in [-0.39, 0.29) is 5.97 Å². The maximum Gasteiger partial charge on any atom is 0.296 e. The highest BCUT2D eigenvalue weighted by Gasteiger charge is 2.26. The molecular formula is C14H21O2Si. The number of hydrogen-bond acceptors (Lipinski definition) is 2. The van der Waals surface area contributed by atoms with Crippen molar-refractivity contribution in [3.63, 3.8) is 0 Å². The second-order valence-electron chi connectivity index (χ2n) is 4.85. The van der Waals surface area contributed by atoms with Crippen LogP contribution in [0.4, 0.5) is 0 Å². The van der Waals surface area contributed by atoms with E-state index >= 15 is 0 Å². The lowest BCUT2D eigenvalue weighted by atomic mass is 10.2. The molecule has 0 amide bonds. The van der Waals surface area contributed by atoms with Crippen LogP contribution in [0, 0.1) is 0 Å². The fourth-order valence-corrected chi connectivity index (χ4v) is 3.97. The highest BCUT2D eigenvalue weighted by Crippen LogP contribution is 2.21. The van der Waals surface area contributed by atoms with Crippen molar-refractivity contribution in [2.75, 3.05) is 0 Å². The second kappa shape index (κ2) is 6.60. The second-order valence-corrected chi connectivity index (χ2v) is 8.17. The van der Waals surface area contributed by atoms with E-state index in [1.165, 1.54) is 0 Å². The van der Waals surface area contributed by atoms with E-state index in [0.717, 1.165) is 5.56 Å². The molecule has 1 radical (unpaired) electrons. The van der Waals surface area contributed by atoms with Crippen LogP contribution in [0.1, 0.15) is 33.3 Å². The zero-order valence-electron chi connectivity index (χ0n) is 11.1. The first-order chi connectivity index (χ1) is 8.00. The van der Waals surface area contributed by atoms with Crippen molar-refractivity contribution in [3.8, 4) is 0 Å². The lowest BCUT2D eigenvalue weighted by Crippen LogP contribution is -2.29. The molecule has 0 aliphatic heterocycles. The third-order valence-electron chi connectivity index (χ3n) is 2.56. The summed E-state index contributed by atoms with van der Waals surface area (Å²) < 4.78 is 5.64. The minimum Gasteiger partial charge on any atom is -0.517 e. The SMILES string of the molecule is CC(C)[Si](OC(=O)Cc1ccccc1)C(C)C. The topological polar surface area (TPSA) is 26.3 Å². The first-order valence-corrected chi connectivity index (χ1v) is 7.68. The lowest BCUT2D eigenvalue weighted by molar-refractivity contribution is -0.134. The molecule has 2 nitrogen and oxygen atoms in total. The largest absolute Gasteiger partial charge is 0.517 e. The molecular weight excluding hydrogens is 228 g/mol. The van der Waals surface area contributed by atoms with E-state index in [2.05, 4.69) is 27.7 Å². The van der Waals surface area contributed by atoms with Gasteiger partial charge in [-0.3, -0.25) is 4.79 Å². The summed E-state index contributed by atoms with van der Waals surface area (Å²) >= 11 is 0. The molecule has 0 unspecified atom stereocenters. The number of benzene rings is 1. The van der Waals surface area contributed by atoms with Crippen LogP contribution in [0.25, 0.3) is 0 Å². The molecule has 0 heterocycles. The fourth-order valence-electron chi connectivity index (χ4n) is 1.83. The Kier molecular flexibility index (Phi) is 5.42. The minimum atomic E-state index is -1.05. The summed E-state index contributed by atoms with van der Waals surface area (Å²) in [5.74, 6) is -0.0903. The van der Waals surface area contributed by atoms with Gasteiger partial charge in [-0.2, -0.15) is 0 Å². The van der Waals surface area contributed by atoms with Crippen LogP contribution in [0.2, 0.25) is 11.1 Å². The van der Waals surface area contributed by atoms with Crippen molar-refractivity contribution in [2.45, 2.75) is 45.2 Å². The maximum atomic E-state index is 11.8. The Balaban J connectivity index is 2.54. The molecule has 1 rings (SSSR count). The smallest absolute Gasteiger partial charge is 0.296 e. The standard InChI is InChI=1S/C14H21O2Si/c1-11(2)17(12(3)4)16-14(15)10-13-8-6-5-7-9-13/h5-9,11-12H,10H2,1-4H3. The van der Waals surface area contributed by atoms with Crippen LogP contribution in [-0.2, 0) is 15.6 Å². The highest BCUT2D eigenvalue weighted by atomic mass is 28.3. The van der Waals surface area contributed by atoms with Crippen molar-refractivity contribution in [1.82, 2.24) is 0 Å². The third-order valence-corrected chi connectivity index (χ3v) is 5.30. The van der Waals surface area contributed by atoms with Crippen molar-refractivity contribution >= 4 is 15.0 Å². The molecule has 3 heteroatoms. The van der Waals surface area contributed by atoms with Gasteiger partial charge in [-0.15, -0.1) is 0 Å². The van der Waals surface area contributed by atoms with Crippen LogP contribution in [0.15, 0.2) is 30.3 Å². The van der Waals surface area contributed by atoms with Crippen molar-refractivity contribution < 1.29 is 9.22 Å². The Morgan fingerprint density at radius 1 is 1.12 bits per heavy atom. The quantitative estimate of drug-likeness (QED) is 0.746. The van der Waals surface area contributed by atoms with Gasteiger partial charge in [-0.05, 0) is 16.6 Å². The Labute approximate surface area is 106 Å². The Morgan fingerprint density at radius 3 is 2.12 bits per heavy atom. The molecule has 93 valence electrons. The van der Waals surface area contributed by atoms with Crippen molar-refractivity contribution in [1.29, 1.82) is 0 Å². The molecule has 0 aliphatic rings. The normalized spacial score (nSPS) is 11.2. The predicted octanol–water partition coefficient (Wildman–Crippen LogP) is 3.58. The zero-order valence-corrected chi connectivity index (χ0v) is 12.1. The van der Waals surface area contributed by atoms with E-state index in [1.807, 2.05) is 30.3 Å². The Morgan fingerprint density at radius 2 is 1.65 bits per heavy atom. The van der Waals surface area contributed by atoms with Gasteiger partial charge in [0.1, 0.15) is 0 Å². The average Bonchev–Trinajstić information content (AvgIpc) is 2.26. The van der Waals surface area contributed by atoms with Crippen LogP contribution in [0.3, 0.4) is 0 Å². The number of hydrogen-bond donors (Lipinski definition) is 0. The number of rotatable bonds is 5. The van der Waals surface area contributed by atoms with Crippen LogP contribution >= 0.6 is 0 Å². The molecule has 0 saturated heterocycles. The molecule has 1 aromatic rings. The first-order valence-electron chi connectivity index (χ1n) is 6.12. The van der Waals surface area contributed by atoms with Crippen molar-refractivity contribution in [3.05, 3.63) is 35.9 Å². The summed E-state index contributed by atoms with van der Waals surface area (Å²) in [4.78, 5) is 11.8. The molecule has 17 heavy (non-hydrogen) atoms. The van der Waals surface area contributed by atoms with E-state index in [1.54, 1.807) is 0 Å².